The minimum absolute atomic E-state index is 0.164. The molecule has 3 aromatic rings. The quantitative estimate of drug-likeness (QED) is 0.414. The fourth-order valence-electron chi connectivity index (χ4n) is 1.94. The highest BCUT2D eigenvalue weighted by atomic mass is 32.2. The number of benzene rings is 1. The number of tetrazole rings is 1. The molecular weight excluding hydrogens is 326 g/mol. The van der Waals surface area contributed by atoms with Crippen molar-refractivity contribution in [2.24, 2.45) is 12.1 Å². The maximum Gasteiger partial charge on any atom is 0.250 e. The Labute approximate surface area is 142 Å². The van der Waals surface area contributed by atoms with E-state index in [4.69, 9.17) is 0 Å². The van der Waals surface area contributed by atoms with E-state index in [0.29, 0.717) is 5.16 Å². The average Bonchev–Trinajstić information content (AvgIpc) is 3.23. The van der Waals surface area contributed by atoms with Gasteiger partial charge >= 0.3 is 0 Å². The number of hydrogen-bond acceptors (Lipinski definition) is 6. The molecule has 9 heteroatoms. The standard InChI is InChI=1S/C15H15N7OS/c1-21-9-5-8-13(21)10-16-17-14(23)11-24-15-18-19-20-22(15)12-6-3-2-4-7-12/h2-10H,11H2,1H3,(H,17,23). The number of rotatable bonds is 6. The zero-order valence-electron chi connectivity index (χ0n) is 12.9. The van der Waals surface area contributed by atoms with Gasteiger partial charge in [0.05, 0.1) is 23.3 Å². The SMILES string of the molecule is Cn1cccc1C=NNC(=O)CSc1nnnn1-c1ccccc1. The molecule has 3 rings (SSSR count). The molecule has 0 fully saturated rings. The van der Waals surface area contributed by atoms with Crippen LogP contribution in [0.4, 0.5) is 0 Å². The second kappa shape index (κ2) is 7.55. The van der Waals surface area contributed by atoms with Crippen LogP contribution in [0.2, 0.25) is 0 Å². The Balaban J connectivity index is 1.55. The molecule has 0 bridgehead atoms. The van der Waals surface area contributed by atoms with Crippen molar-refractivity contribution < 1.29 is 4.79 Å². The van der Waals surface area contributed by atoms with Crippen molar-refractivity contribution in [1.29, 1.82) is 0 Å². The van der Waals surface area contributed by atoms with Crippen LogP contribution >= 0.6 is 11.8 Å². The molecule has 0 atom stereocenters. The van der Waals surface area contributed by atoms with Gasteiger partial charge in [-0.3, -0.25) is 4.79 Å². The second-order valence-electron chi connectivity index (χ2n) is 4.83. The highest BCUT2D eigenvalue weighted by Gasteiger charge is 2.10. The number of aryl methyl sites for hydroxylation is 1. The lowest BCUT2D eigenvalue weighted by atomic mass is 10.3. The fraction of sp³-hybridized carbons (Fsp3) is 0.133. The van der Waals surface area contributed by atoms with Crippen LogP contribution in [-0.2, 0) is 11.8 Å². The third-order valence-electron chi connectivity index (χ3n) is 3.14. The molecule has 0 aliphatic rings. The molecule has 0 saturated heterocycles. The first-order chi connectivity index (χ1) is 11.7. The summed E-state index contributed by atoms with van der Waals surface area (Å²) >= 11 is 1.24. The molecule has 0 spiro atoms. The van der Waals surface area contributed by atoms with Crippen LogP contribution in [0.3, 0.4) is 0 Å². The largest absolute Gasteiger partial charge is 0.350 e. The Morgan fingerprint density at radius 3 is 2.88 bits per heavy atom. The number of carbonyl (C=O) groups excluding carboxylic acids is 1. The first-order valence-corrected chi connectivity index (χ1v) is 8.12. The summed E-state index contributed by atoms with van der Waals surface area (Å²) in [5.41, 5.74) is 4.23. The molecule has 0 radical (unpaired) electrons. The lowest BCUT2D eigenvalue weighted by Crippen LogP contribution is -2.20. The Hall–Kier alpha value is -2.94. The zero-order valence-corrected chi connectivity index (χ0v) is 13.7. The van der Waals surface area contributed by atoms with Crippen molar-refractivity contribution in [3.8, 4) is 5.69 Å². The highest BCUT2D eigenvalue weighted by Crippen LogP contribution is 2.17. The number of aromatic nitrogens is 5. The molecule has 122 valence electrons. The van der Waals surface area contributed by atoms with Crippen molar-refractivity contribution in [1.82, 2.24) is 30.2 Å². The highest BCUT2D eigenvalue weighted by molar-refractivity contribution is 7.99. The van der Waals surface area contributed by atoms with Gasteiger partial charge in [0.25, 0.3) is 5.91 Å². The molecule has 0 unspecified atom stereocenters. The van der Waals surface area contributed by atoms with Crippen LogP contribution in [0, 0.1) is 0 Å². The third kappa shape index (κ3) is 3.87. The first kappa shape index (κ1) is 15.9. The Bertz CT molecular complexity index is 840. The molecule has 2 aromatic heterocycles. The zero-order chi connectivity index (χ0) is 16.8. The average molecular weight is 341 g/mol. The summed E-state index contributed by atoms with van der Waals surface area (Å²) in [6.07, 6.45) is 3.50. The van der Waals surface area contributed by atoms with Gasteiger partial charge in [0.15, 0.2) is 0 Å². The third-order valence-corrected chi connectivity index (χ3v) is 4.06. The van der Waals surface area contributed by atoms with Crippen LogP contribution in [0.5, 0.6) is 0 Å². The summed E-state index contributed by atoms with van der Waals surface area (Å²) < 4.78 is 3.49. The van der Waals surface area contributed by atoms with E-state index in [0.717, 1.165) is 11.4 Å². The van der Waals surface area contributed by atoms with E-state index in [9.17, 15) is 4.79 Å². The van der Waals surface area contributed by atoms with Crippen LogP contribution in [-0.4, -0.2) is 42.6 Å². The molecule has 8 nitrogen and oxygen atoms in total. The van der Waals surface area contributed by atoms with Crippen LogP contribution in [0.1, 0.15) is 5.69 Å². The van der Waals surface area contributed by atoms with Gasteiger partial charge in [0, 0.05) is 13.2 Å². The first-order valence-electron chi connectivity index (χ1n) is 7.14. The predicted octanol–water partition coefficient (Wildman–Crippen LogP) is 1.24. The van der Waals surface area contributed by atoms with E-state index in [1.54, 1.807) is 10.9 Å². The van der Waals surface area contributed by atoms with Crippen molar-refractivity contribution in [2.45, 2.75) is 5.16 Å². The lowest BCUT2D eigenvalue weighted by molar-refractivity contribution is -0.118. The van der Waals surface area contributed by atoms with E-state index in [2.05, 4.69) is 26.1 Å². The molecule has 0 saturated carbocycles. The molecule has 2 heterocycles. The molecule has 1 aromatic carbocycles. The fourth-order valence-corrected chi connectivity index (χ4v) is 2.62. The van der Waals surface area contributed by atoms with Gasteiger partial charge in [-0.2, -0.15) is 9.78 Å². The Morgan fingerprint density at radius 2 is 2.12 bits per heavy atom. The summed E-state index contributed by atoms with van der Waals surface area (Å²) in [6, 6.07) is 13.3. The topological polar surface area (TPSA) is 90.0 Å². The summed E-state index contributed by atoms with van der Waals surface area (Å²) in [7, 11) is 1.91. The van der Waals surface area contributed by atoms with E-state index in [1.165, 1.54) is 11.8 Å². The van der Waals surface area contributed by atoms with E-state index in [-0.39, 0.29) is 11.7 Å². The summed E-state index contributed by atoms with van der Waals surface area (Å²) in [4.78, 5) is 11.9. The van der Waals surface area contributed by atoms with E-state index >= 15 is 0 Å². The summed E-state index contributed by atoms with van der Waals surface area (Å²) in [6.45, 7) is 0. The monoisotopic (exact) mass is 341 g/mol. The summed E-state index contributed by atoms with van der Waals surface area (Å²) in [5, 5.41) is 16.0. The smallest absolute Gasteiger partial charge is 0.250 e. The van der Waals surface area contributed by atoms with Gasteiger partial charge in [0.1, 0.15) is 0 Å². The summed E-state index contributed by atoms with van der Waals surface area (Å²) in [5.74, 6) is -0.0643. The molecule has 1 amide bonds. The van der Waals surface area contributed by atoms with Crippen molar-refractivity contribution in [3.63, 3.8) is 0 Å². The van der Waals surface area contributed by atoms with Gasteiger partial charge in [-0.15, -0.1) is 5.10 Å². The van der Waals surface area contributed by atoms with Gasteiger partial charge in [0.2, 0.25) is 5.16 Å². The minimum atomic E-state index is -0.229. The van der Waals surface area contributed by atoms with Gasteiger partial charge in [-0.1, -0.05) is 30.0 Å². The molecular formula is C15H15N7OS. The van der Waals surface area contributed by atoms with Crippen LogP contribution < -0.4 is 5.43 Å². The number of nitrogens with zero attached hydrogens (tertiary/aromatic N) is 6. The number of amides is 1. The number of para-hydroxylation sites is 1. The number of hydrogen-bond donors (Lipinski definition) is 1. The van der Waals surface area contributed by atoms with Crippen molar-refractivity contribution in [2.75, 3.05) is 5.75 Å². The molecule has 24 heavy (non-hydrogen) atoms. The second-order valence-corrected chi connectivity index (χ2v) is 5.78. The van der Waals surface area contributed by atoms with Crippen molar-refractivity contribution >= 4 is 23.9 Å². The number of carbonyl (C=O) groups is 1. The minimum Gasteiger partial charge on any atom is -0.350 e. The maximum absolute atomic E-state index is 11.9. The van der Waals surface area contributed by atoms with Crippen LogP contribution in [0.25, 0.3) is 5.69 Å². The van der Waals surface area contributed by atoms with E-state index < -0.39 is 0 Å². The normalized spacial score (nSPS) is 11.0. The number of nitrogens with one attached hydrogen (secondary N) is 1. The molecule has 1 N–H and O–H groups in total. The van der Waals surface area contributed by atoms with Gasteiger partial charge < -0.3 is 4.57 Å². The predicted molar refractivity (Wildman–Crippen MR) is 91.0 cm³/mol. The van der Waals surface area contributed by atoms with Gasteiger partial charge in [-0.25, -0.2) is 5.43 Å². The Morgan fingerprint density at radius 1 is 1.29 bits per heavy atom. The van der Waals surface area contributed by atoms with Crippen LogP contribution in [0.15, 0.2) is 58.9 Å². The van der Waals surface area contributed by atoms with Gasteiger partial charge in [-0.05, 0) is 34.7 Å². The molecule has 0 aliphatic heterocycles. The van der Waals surface area contributed by atoms with E-state index in [1.807, 2.05) is 60.3 Å². The Kier molecular flexibility index (Phi) is 5.02. The number of hydrazone groups is 1. The maximum atomic E-state index is 11.9. The number of thioether (sulfide) groups is 1. The molecule has 0 aliphatic carbocycles. The van der Waals surface area contributed by atoms with Crippen molar-refractivity contribution in [3.05, 3.63) is 54.4 Å². The lowest BCUT2D eigenvalue weighted by Gasteiger charge is -2.03.